The van der Waals surface area contributed by atoms with Crippen LogP contribution in [0.2, 0.25) is 0 Å². The Balaban J connectivity index is 2.61. The molecule has 2 aromatic rings. The van der Waals surface area contributed by atoms with E-state index in [0.717, 1.165) is 5.39 Å². The molecule has 0 unspecified atom stereocenters. The van der Waals surface area contributed by atoms with E-state index in [1.807, 2.05) is 12.1 Å². The van der Waals surface area contributed by atoms with Crippen LogP contribution in [-0.4, -0.2) is 13.4 Å². The number of hydrogen-bond donors (Lipinski definition) is 1. The topological polar surface area (TPSA) is 59.1 Å². The van der Waals surface area contributed by atoms with Crippen molar-refractivity contribution < 1.29 is 8.42 Å². The second-order valence-electron chi connectivity index (χ2n) is 2.92. The van der Waals surface area contributed by atoms with Gasteiger partial charge in [-0.3, -0.25) is 9.71 Å². The Kier molecular flexibility index (Phi) is 2.50. The van der Waals surface area contributed by atoms with E-state index in [4.69, 9.17) is 10.7 Å². The van der Waals surface area contributed by atoms with Crippen LogP contribution < -0.4 is 4.72 Å². The second kappa shape index (κ2) is 3.67. The van der Waals surface area contributed by atoms with Crippen LogP contribution in [0.1, 0.15) is 0 Å². The Hall–Kier alpha value is -1.33. The number of rotatable bonds is 2. The summed E-state index contributed by atoms with van der Waals surface area (Å²) in [6.45, 7) is 0. The average Bonchev–Trinajstić information content (AvgIpc) is 2.16. The fourth-order valence-electron chi connectivity index (χ4n) is 1.32. The van der Waals surface area contributed by atoms with Crippen LogP contribution in [0.25, 0.3) is 10.9 Å². The number of para-hydroxylation sites is 1. The summed E-state index contributed by atoms with van der Waals surface area (Å²) in [6.07, 6.45) is 1.59. The first-order valence-corrected chi connectivity index (χ1v) is 6.43. The Morgan fingerprint density at radius 2 is 1.93 bits per heavy atom. The normalized spacial score (nSPS) is 11.5. The molecule has 1 N–H and O–H groups in total. The summed E-state index contributed by atoms with van der Waals surface area (Å²) in [6, 6.07) is 8.80. The zero-order chi connectivity index (χ0) is 10.9. The van der Waals surface area contributed by atoms with E-state index < -0.39 is 9.24 Å². The molecule has 0 aliphatic rings. The molecule has 0 saturated heterocycles. The van der Waals surface area contributed by atoms with E-state index in [1.54, 1.807) is 24.4 Å². The van der Waals surface area contributed by atoms with Gasteiger partial charge in [0.2, 0.25) is 0 Å². The van der Waals surface area contributed by atoms with Crippen molar-refractivity contribution in [3.63, 3.8) is 0 Å². The summed E-state index contributed by atoms with van der Waals surface area (Å²) < 4.78 is 23.9. The average molecular weight is 243 g/mol. The van der Waals surface area contributed by atoms with Crippen LogP contribution in [0.3, 0.4) is 0 Å². The monoisotopic (exact) mass is 242 g/mol. The summed E-state index contributed by atoms with van der Waals surface area (Å²) >= 11 is 0. The largest absolute Gasteiger partial charge is 0.319 e. The van der Waals surface area contributed by atoms with Crippen molar-refractivity contribution in [1.82, 2.24) is 4.98 Å². The maximum Gasteiger partial charge on any atom is 0.319 e. The number of aromatic nitrogens is 1. The molecular formula is C9H7ClN2O2S. The molecule has 0 spiro atoms. The van der Waals surface area contributed by atoms with Crippen LogP contribution in [0, 0.1) is 0 Å². The van der Waals surface area contributed by atoms with Crippen LogP contribution in [0.15, 0.2) is 36.5 Å². The number of nitrogens with one attached hydrogen (secondary N) is 1. The molecule has 0 amide bonds. The number of nitrogens with zero attached hydrogens (tertiary/aromatic N) is 1. The van der Waals surface area contributed by atoms with E-state index in [-0.39, 0.29) is 0 Å². The Morgan fingerprint density at radius 3 is 2.67 bits per heavy atom. The van der Waals surface area contributed by atoms with Gasteiger partial charge >= 0.3 is 9.24 Å². The van der Waals surface area contributed by atoms with Crippen molar-refractivity contribution in [3.05, 3.63) is 36.5 Å². The van der Waals surface area contributed by atoms with E-state index in [0.29, 0.717) is 11.2 Å². The minimum Gasteiger partial charge on any atom is -0.269 e. The number of hydrogen-bond acceptors (Lipinski definition) is 3. The molecule has 0 aliphatic carbocycles. The number of pyridine rings is 1. The predicted octanol–water partition coefficient (Wildman–Crippen LogP) is 2.13. The SMILES string of the molecule is O=S(=O)(Cl)Nc1cccc2cccnc12. The molecule has 1 aromatic carbocycles. The molecule has 1 heterocycles. The molecule has 15 heavy (non-hydrogen) atoms. The summed E-state index contributed by atoms with van der Waals surface area (Å²) in [5, 5.41) is 0.850. The number of benzene rings is 1. The lowest BCUT2D eigenvalue weighted by Gasteiger charge is -2.04. The molecule has 6 heteroatoms. The van der Waals surface area contributed by atoms with Gasteiger partial charge in [-0.2, -0.15) is 8.42 Å². The van der Waals surface area contributed by atoms with E-state index in [1.165, 1.54) is 0 Å². The van der Waals surface area contributed by atoms with Crippen LogP contribution >= 0.6 is 10.7 Å². The Morgan fingerprint density at radius 1 is 1.20 bits per heavy atom. The van der Waals surface area contributed by atoms with Gasteiger partial charge in [0.15, 0.2) is 0 Å². The fourth-order valence-corrected chi connectivity index (χ4v) is 1.99. The van der Waals surface area contributed by atoms with Gasteiger partial charge in [-0.25, -0.2) is 0 Å². The quantitative estimate of drug-likeness (QED) is 0.821. The van der Waals surface area contributed by atoms with Gasteiger partial charge in [0.05, 0.1) is 11.2 Å². The van der Waals surface area contributed by atoms with E-state index >= 15 is 0 Å². The summed E-state index contributed by atoms with van der Waals surface area (Å²) in [5.41, 5.74) is 0.951. The first-order valence-electron chi connectivity index (χ1n) is 4.12. The highest BCUT2D eigenvalue weighted by molar-refractivity contribution is 8.14. The molecule has 2 rings (SSSR count). The molecule has 78 valence electrons. The minimum absolute atomic E-state index is 0.378. The highest BCUT2D eigenvalue weighted by Crippen LogP contribution is 2.22. The summed E-state index contributed by atoms with van der Waals surface area (Å²) in [5.74, 6) is 0. The van der Waals surface area contributed by atoms with Gasteiger partial charge in [0.25, 0.3) is 0 Å². The zero-order valence-corrected chi connectivity index (χ0v) is 9.09. The first-order chi connectivity index (χ1) is 7.06. The maximum absolute atomic E-state index is 10.9. The Bertz CT molecular complexity index is 593. The Labute approximate surface area is 91.5 Å². The molecule has 4 nitrogen and oxygen atoms in total. The van der Waals surface area contributed by atoms with Gasteiger partial charge in [0.1, 0.15) is 0 Å². The number of fused-ring (bicyclic) bond motifs is 1. The van der Waals surface area contributed by atoms with Gasteiger partial charge < -0.3 is 0 Å². The molecule has 0 aliphatic heterocycles. The van der Waals surface area contributed by atoms with Crippen molar-refractivity contribution in [2.45, 2.75) is 0 Å². The third-order valence-electron chi connectivity index (χ3n) is 1.86. The van der Waals surface area contributed by atoms with Crippen molar-refractivity contribution in [2.75, 3.05) is 4.72 Å². The second-order valence-corrected chi connectivity index (χ2v) is 5.22. The minimum atomic E-state index is -3.79. The molecule has 0 atom stereocenters. The zero-order valence-electron chi connectivity index (χ0n) is 7.51. The predicted molar refractivity (Wildman–Crippen MR) is 60.1 cm³/mol. The number of anilines is 1. The fraction of sp³-hybridized carbons (Fsp3) is 0. The highest BCUT2D eigenvalue weighted by atomic mass is 35.7. The molecule has 0 fully saturated rings. The van der Waals surface area contributed by atoms with E-state index in [9.17, 15) is 8.42 Å². The molecule has 0 bridgehead atoms. The molecular weight excluding hydrogens is 236 g/mol. The smallest absolute Gasteiger partial charge is 0.269 e. The summed E-state index contributed by atoms with van der Waals surface area (Å²) in [4.78, 5) is 4.08. The molecule has 1 aromatic heterocycles. The van der Waals surface area contributed by atoms with Crippen LogP contribution in [0.4, 0.5) is 5.69 Å². The lowest BCUT2D eigenvalue weighted by atomic mass is 10.2. The van der Waals surface area contributed by atoms with Gasteiger partial charge in [-0.05, 0) is 12.1 Å². The van der Waals surface area contributed by atoms with Crippen molar-refractivity contribution >= 4 is 36.5 Å². The first kappa shape index (κ1) is 10.2. The van der Waals surface area contributed by atoms with Crippen molar-refractivity contribution in [2.24, 2.45) is 0 Å². The van der Waals surface area contributed by atoms with Gasteiger partial charge in [0, 0.05) is 22.3 Å². The third kappa shape index (κ3) is 2.37. The number of halogens is 1. The van der Waals surface area contributed by atoms with Gasteiger partial charge in [-0.15, -0.1) is 0 Å². The standard InChI is InChI=1S/C9H7ClN2O2S/c10-15(13,14)12-8-5-1-3-7-4-2-6-11-9(7)8/h1-6,12H. The molecule has 0 radical (unpaired) electrons. The van der Waals surface area contributed by atoms with Crippen LogP contribution in [-0.2, 0) is 9.24 Å². The van der Waals surface area contributed by atoms with Gasteiger partial charge in [-0.1, -0.05) is 18.2 Å². The lowest BCUT2D eigenvalue weighted by Crippen LogP contribution is -2.04. The van der Waals surface area contributed by atoms with E-state index in [2.05, 4.69) is 9.71 Å². The van der Waals surface area contributed by atoms with Crippen LogP contribution in [0.5, 0.6) is 0 Å². The maximum atomic E-state index is 10.9. The lowest BCUT2D eigenvalue weighted by molar-refractivity contribution is 0.614. The van der Waals surface area contributed by atoms with Crippen molar-refractivity contribution in [1.29, 1.82) is 0 Å². The molecule has 0 saturated carbocycles. The summed E-state index contributed by atoms with van der Waals surface area (Å²) in [7, 11) is 1.31. The third-order valence-corrected chi connectivity index (χ3v) is 2.56. The van der Waals surface area contributed by atoms with Crippen molar-refractivity contribution in [3.8, 4) is 0 Å². The highest BCUT2D eigenvalue weighted by Gasteiger charge is 2.07.